The summed E-state index contributed by atoms with van der Waals surface area (Å²) in [7, 11) is 0. The zero-order chi connectivity index (χ0) is 25.2. The molecule has 1 aromatic heterocycles. The van der Waals surface area contributed by atoms with Gasteiger partial charge in [-0.05, 0) is 47.5 Å². The number of hydrogen-bond acceptors (Lipinski definition) is 5. The number of nitriles is 1. The van der Waals surface area contributed by atoms with Gasteiger partial charge in [-0.25, -0.2) is 0 Å². The van der Waals surface area contributed by atoms with E-state index in [1.165, 1.54) is 11.3 Å². The van der Waals surface area contributed by atoms with E-state index < -0.39 is 29.8 Å². The van der Waals surface area contributed by atoms with Gasteiger partial charge in [-0.3, -0.25) is 14.4 Å². The van der Waals surface area contributed by atoms with Crippen LogP contribution in [0.5, 0.6) is 0 Å². The van der Waals surface area contributed by atoms with Gasteiger partial charge in [0.15, 0.2) is 5.78 Å². The first-order chi connectivity index (χ1) is 17.5. The zero-order valence-corrected chi connectivity index (χ0v) is 20.6. The maximum Gasteiger partial charge on any atom is 0.240 e. The van der Waals surface area contributed by atoms with Crippen LogP contribution in [0.25, 0.3) is 0 Å². The summed E-state index contributed by atoms with van der Waals surface area (Å²) in [6.07, 6.45) is 3.48. The summed E-state index contributed by atoms with van der Waals surface area (Å²) in [6, 6.07) is 20.5. The number of Topliss-reactive ketones (excluding diaryl/α,β-unsaturated/α-hetero) is 1. The van der Waals surface area contributed by atoms with E-state index in [-0.39, 0.29) is 17.6 Å². The van der Waals surface area contributed by atoms with E-state index in [1.807, 2.05) is 41.8 Å². The summed E-state index contributed by atoms with van der Waals surface area (Å²) >= 11 is 1.35. The van der Waals surface area contributed by atoms with E-state index in [9.17, 15) is 19.6 Å². The predicted molar refractivity (Wildman–Crippen MR) is 137 cm³/mol. The molecule has 2 fully saturated rings. The molecule has 2 heterocycles. The summed E-state index contributed by atoms with van der Waals surface area (Å²) in [5.41, 5.74) is 8.04. The number of nitrogens with two attached hydrogens (primary N) is 1. The lowest BCUT2D eigenvalue weighted by Crippen LogP contribution is -2.48. The number of benzene rings is 2. The Labute approximate surface area is 214 Å². The summed E-state index contributed by atoms with van der Waals surface area (Å²) < 4.78 is 0. The van der Waals surface area contributed by atoms with Gasteiger partial charge in [-0.2, -0.15) is 5.26 Å². The van der Waals surface area contributed by atoms with Gasteiger partial charge >= 0.3 is 0 Å². The van der Waals surface area contributed by atoms with E-state index in [4.69, 9.17) is 5.73 Å². The monoisotopic (exact) mass is 497 g/mol. The molecule has 0 spiro atoms. The molecule has 6 nitrogen and oxygen atoms in total. The van der Waals surface area contributed by atoms with E-state index in [2.05, 4.69) is 6.07 Å². The molecule has 2 aromatic carbocycles. The van der Waals surface area contributed by atoms with Crippen molar-refractivity contribution in [3.8, 4) is 6.07 Å². The molecule has 1 aliphatic heterocycles. The van der Waals surface area contributed by atoms with Crippen LogP contribution in [0, 0.1) is 23.2 Å². The van der Waals surface area contributed by atoms with Crippen molar-refractivity contribution in [1.82, 2.24) is 4.90 Å². The molecule has 4 unspecified atom stereocenters. The molecule has 4 atom stereocenters. The molecule has 2 N–H and O–H groups in total. The fourth-order valence-corrected chi connectivity index (χ4v) is 6.67. The van der Waals surface area contributed by atoms with Gasteiger partial charge in [0.05, 0.1) is 28.5 Å². The lowest BCUT2D eigenvalue weighted by molar-refractivity contribution is -0.143. The first-order valence-corrected chi connectivity index (χ1v) is 13.1. The molecule has 7 heteroatoms. The Balaban J connectivity index is 1.72. The van der Waals surface area contributed by atoms with Crippen molar-refractivity contribution in [2.45, 2.75) is 43.7 Å². The van der Waals surface area contributed by atoms with Gasteiger partial charge in [0.25, 0.3) is 0 Å². The lowest BCUT2D eigenvalue weighted by Gasteiger charge is -2.33. The third kappa shape index (κ3) is 4.22. The number of amides is 2. The van der Waals surface area contributed by atoms with Crippen molar-refractivity contribution in [2.24, 2.45) is 17.6 Å². The number of ketones is 1. The Morgan fingerprint density at radius 1 is 0.917 bits per heavy atom. The van der Waals surface area contributed by atoms with Crippen LogP contribution < -0.4 is 5.73 Å². The van der Waals surface area contributed by atoms with Gasteiger partial charge < -0.3 is 10.6 Å². The molecule has 182 valence electrons. The summed E-state index contributed by atoms with van der Waals surface area (Å²) in [5.74, 6) is -2.37. The molecule has 1 saturated carbocycles. The third-order valence-electron chi connectivity index (χ3n) is 7.55. The number of nitrogens with zero attached hydrogens (tertiary/aromatic N) is 2. The molecule has 1 saturated heterocycles. The molecule has 2 amide bonds. The van der Waals surface area contributed by atoms with Crippen LogP contribution >= 0.6 is 11.3 Å². The second kappa shape index (κ2) is 10.1. The largest absolute Gasteiger partial charge is 0.368 e. The molecular formula is C29H27N3O3S. The van der Waals surface area contributed by atoms with Crippen LogP contribution in [-0.2, 0) is 9.59 Å². The molecule has 2 aliphatic rings. The van der Waals surface area contributed by atoms with Gasteiger partial charge in [0.1, 0.15) is 6.04 Å². The minimum absolute atomic E-state index is 0.106. The van der Waals surface area contributed by atoms with Crippen LogP contribution in [0.2, 0.25) is 0 Å². The maximum absolute atomic E-state index is 14.1. The van der Waals surface area contributed by atoms with Crippen molar-refractivity contribution < 1.29 is 14.4 Å². The van der Waals surface area contributed by atoms with Crippen LogP contribution in [0.15, 0.2) is 72.1 Å². The van der Waals surface area contributed by atoms with Crippen LogP contribution in [0.1, 0.15) is 64.0 Å². The highest BCUT2D eigenvalue weighted by atomic mass is 32.1. The van der Waals surface area contributed by atoms with Crippen molar-refractivity contribution >= 4 is 28.9 Å². The van der Waals surface area contributed by atoms with Crippen molar-refractivity contribution in [2.75, 3.05) is 0 Å². The Hall–Kier alpha value is -3.76. The lowest BCUT2D eigenvalue weighted by atomic mass is 9.77. The number of hydrogen-bond donors (Lipinski definition) is 1. The predicted octanol–water partition coefficient (Wildman–Crippen LogP) is 4.83. The van der Waals surface area contributed by atoms with Crippen LogP contribution in [0.4, 0.5) is 0 Å². The highest BCUT2D eigenvalue weighted by Crippen LogP contribution is 2.52. The average molecular weight is 498 g/mol. The van der Waals surface area contributed by atoms with Crippen molar-refractivity contribution in [3.05, 3.63) is 93.7 Å². The maximum atomic E-state index is 14.1. The van der Waals surface area contributed by atoms with E-state index in [0.717, 1.165) is 36.8 Å². The molecular weight excluding hydrogens is 470 g/mol. The first-order valence-electron chi connectivity index (χ1n) is 12.3. The van der Waals surface area contributed by atoms with E-state index >= 15 is 0 Å². The molecule has 36 heavy (non-hydrogen) atoms. The smallest absolute Gasteiger partial charge is 0.240 e. The van der Waals surface area contributed by atoms with E-state index in [1.54, 1.807) is 35.2 Å². The number of carbonyl (C=O) groups excluding carboxylic acids is 3. The van der Waals surface area contributed by atoms with Gasteiger partial charge in [0, 0.05) is 11.8 Å². The Morgan fingerprint density at radius 3 is 2.19 bits per heavy atom. The minimum atomic E-state index is -0.981. The third-order valence-corrected chi connectivity index (χ3v) is 8.43. The van der Waals surface area contributed by atoms with Gasteiger partial charge in [0.2, 0.25) is 11.8 Å². The molecule has 3 aromatic rings. The summed E-state index contributed by atoms with van der Waals surface area (Å²) in [4.78, 5) is 43.5. The quantitative estimate of drug-likeness (QED) is 0.493. The summed E-state index contributed by atoms with van der Waals surface area (Å²) in [5, 5.41) is 11.1. The normalized spacial score (nSPS) is 23.9. The summed E-state index contributed by atoms with van der Waals surface area (Å²) in [6.45, 7) is 0. The highest BCUT2D eigenvalue weighted by Gasteiger charge is 2.57. The number of rotatable bonds is 6. The van der Waals surface area contributed by atoms with Crippen LogP contribution in [0.3, 0.4) is 0 Å². The Bertz CT molecular complexity index is 1290. The highest BCUT2D eigenvalue weighted by molar-refractivity contribution is 7.12. The SMILES string of the molecule is N#Cc1ccc(C2C(C(=O)c3cccs3)C(c3ccccc3)N(C(=O)C3CCCC3)C2C(N)=O)cc1. The van der Waals surface area contributed by atoms with Gasteiger partial charge in [-0.1, -0.05) is 61.4 Å². The Morgan fingerprint density at radius 2 is 1.61 bits per heavy atom. The second-order valence-electron chi connectivity index (χ2n) is 9.56. The second-order valence-corrected chi connectivity index (χ2v) is 10.5. The fraction of sp³-hybridized carbons (Fsp3) is 0.310. The number of primary amides is 1. The first kappa shape index (κ1) is 24.0. The molecule has 5 rings (SSSR count). The fourth-order valence-electron chi connectivity index (χ4n) is 5.96. The number of carbonyl (C=O) groups is 3. The number of thiophene rings is 1. The van der Waals surface area contributed by atoms with E-state index in [0.29, 0.717) is 10.4 Å². The zero-order valence-electron chi connectivity index (χ0n) is 19.7. The van der Waals surface area contributed by atoms with Crippen molar-refractivity contribution in [1.29, 1.82) is 5.26 Å². The van der Waals surface area contributed by atoms with Crippen molar-refractivity contribution in [3.63, 3.8) is 0 Å². The molecule has 0 radical (unpaired) electrons. The standard InChI is InChI=1S/C29H27N3O3S/c30-17-18-12-14-19(15-13-18)23-24(27(33)22-11-6-16-36-22)25(20-7-2-1-3-8-20)32(26(23)28(31)34)29(35)21-9-4-5-10-21/h1-3,6-8,11-16,21,23-26H,4-5,9-10H2,(H2,31,34). The van der Waals surface area contributed by atoms with Gasteiger partial charge in [-0.15, -0.1) is 11.3 Å². The Kier molecular flexibility index (Phi) is 6.71. The van der Waals surface area contributed by atoms with Crippen LogP contribution in [-0.4, -0.2) is 28.5 Å². The average Bonchev–Trinajstić information content (AvgIpc) is 3.68. The minimum Gasteiger partial charge on any atom is -0.368 e. The molecule has 0 bridgehead atoms. The topological polar surface area (TPSA) is 104 Å². The molecule has 1 aliphatic carbocycles. The number of likely N-dealkylation sites (tertiary alicyclic amines) is 1.